The number of allylic oxidation sites excluding steroid dienone is 1. The van der Waals surface area contributed by atoms with Crippen molar-refractivity contribution < 1.29 is 53.1 Å². The molecule has 7 rings (SSSR count). The molecular weight excluding hydrogens is 771 g/mol. The minimum absolute atomic E-state index is 0.00449. The minimum Gasteiger partial charge on any atom is -0.459 e. The number of nitrogens with one attached hydrogen (secondary N) is 1. The van der Waals surface area contributed by atoms with Gasteiger partial charge in [0.1, 0.15) is 17.5 Å². The molecule has 14 heteroatoms. The van der Waals surface area contributed by atoms with Gasteiger partial charge in [0, 0.05) is 56.2 Å². The maximum absolute atomic E-state index is 15.1. The van der Waals surface area contributed by atoms with E-state index in [1.165, 1.54) is 0 Å². The molecule has 3 aliphatic heterocycles. The largest absolute Gasteiger partial charge is 0.459 e. The van der Waals surface area contributed by atoms with Gasteiger partial charge in [0.05, 0.1) is 24.8 Å². The second-order valence-corrected chi connectivity index (χ2v) is 16.2. The molecule has 0 aromatic heterocycles. The number of ether oxygens (including phenoxy) is 6. The number of aliphatic hydroxyl groups is 2. The van der Waals surface area contributed by atoms with Crippen LogP contribution in [0.2, 0.25) is 0 Å². The normalized spacial score (nSPS) is 26.9. The van der Waals surface area contributed by atoms with Gasteiger partial charge in [-0.1, -0.05) is 37.1 Å². The van der Waals surface area contributed by atoms with Gasteiger partial charge in [-0.3, -0.25) is 4.79 Å². The molecule has 326 valence electrons. The van der Waals surface area contributed by atoms with Gasteiger partial charge in [-0.25, -0.2) is 4.79 Å². The highest BCUT2D eigenvalue weighted by atomic mass is 16.8. The van der Waals surface area contributed by atoms with Crippen LogP contribution in [0.5, 0.6) is 23.0 Å². The van der Waals surface area contributed by atoms with Crippen molar-refractivity contribution in [1.82, 2.24) is 10.2 Å². The lowest BCUT2D eigenvalue weighted by molar-refractivity contribution is -0.254. The molecule has 14 nitrogen and oxygen atoms in total. The van der Waals surface area contributed by atoms with Crippen molar-refractivity contribution in [1.29, 1.82) is 0 Å². The summed E-state index contributed by atoms with van der Waals surface area (Å²) in [6, 6.07) is 9.98. The minimum atomic E-state index is -1.44. The van der Waals surface area contributed by atoms with Gasteiger partial charge >= 0.3 is 6.09 Å². The molecule has 5 aliphatic rings. The Labute approximate surface area is 352 Å². The molecule has 3 heterocycles. The highest BCUT2D eigenvalue weighted by Gasteiger charge is 2.65. The fourth-order valence-electron chi connectivity index (χ4n) is 9.75. The summed E-state index contributed by atoms with van der Waals surface area (Å²) in [5.74, 6) is -0.396. The third-order valence-electron chi connectivity index (χ3n) is 12.3. The maximum Gasteiger partial charge on any atom is 0.412 e. The van der Waals surface area contributed by atoms with E-state index < -0.39 is 30.1 Å². The number of fused-ring (bicyclic) bond motifs is 3. The molecule has 2 aromatic rings. The molecule has 0 spiro atoms. The van der Waals surface area contributed by atoms with Crippen molar-refractivity contribution in [3.05, 3.63) is 71.8 Å². The molecule has 1 saturated carbocycles. The number of aliphatic hydroxyl groups excluding tert-OH is 2. The van der Waals surface area contributed by atoms with Crippen molar-refractivity contribution in [3.63, 3.8) is 0 Å². The van der Waals surface area contributed by atoms with Crippen molar-refractivity contribution in [2.24, 2.45) is 22.9 Å². The molecule has 2 fully saturated rings. The molecule has 3 N–H and O–H groups in total. The number of oxime groups is 1. The van der Waals surface area contributed by atoms with Crippen molar-refractivity contribution >= 4 is 17.7 Å². The summed E-state index contributed by atoms with van der Waals surface area (Å²) < 4.78 is 37.5. The van der Waals surface area contributed by atoms with Crippen LogP contribution < -0.4 is 24.3 Å². The molecule has 0 bridgehead atoms. The van der Waals surface area contributed by atoms with Gasteiger partial charge in [0.15, 0.2) is 11.5 Å². The van der Waals surface area contributed by atoms with Crippen LogP contribution in [-0.4, -0.2) is 97.3 Å². The van der Waals surface area contributed by atoms with Crippen molar-refractivity contribution in [2.45, 2.75) is 109 Å². The number of hydrogen-bond donors (Lipinski definition) is 3. The van der Waals surface area contributed by atoms with Gasteiger partial charge in [0.25, 0.3) is 5.91 Å². The van der Waals surface area contributed by atoms with Crippen LogP contribution >= 0.6 is 0 Å². The van der Waals surface area contributed by atoms with E-state index in [0.717, 1.165) is 49.7 Å². The lowest BCUT2D eigenvalue weighted by atomic mass is 9.55. The average molecular weight is 832 g/mol. The Morgan fingerprint density at radius 1 is 1.02 bits per heavy atom. The van der Waals surface area contributed by atoms with Crippen LogP contribution in [0.15, 0.2) is 65.9 Å². The topological polar surface area (TPSA) is 167 Å². The van der Waals surface area contributed by atoms with E-state index in [0.29, 0.717) is 79.7 Å². The fraction of sp³-hybridized carbons (Fsp3) is 0.587. The Kier molecular flexibility index (Phi) is 14.7. The number of carbonyl (C=O) groups excluding carboxylic acids is 2. The van der Waals surface area contributed by atoms with E-state index in [9.17, 15) is 15.0 Å². The number of amides is 2. The Bertz CT molecular complexity index is 1880. The number of hydrogen-bond acceptors (Lipinski definition) is 12. The highest BCUT2D eigenvalue weighted by molar-refractivity contribution is 6.03. The lowest BCUT2D eigenvalue weighted by Gasteiger charge is -2.60. The van der Waals surface area contributed by atoms with Crippen LogP contribution in [-0.2, 0) is 14.3 Å². The van der Waals surface area contributed by atoms with Gasteiger partial charge in [-0.15, -0.1) is 6.58 Å². The Balaban J connectivity index is 1.44. The van der Waals surface area contributed by atoms with Gasteiger partial charge in [-0.2, -0.15) is 0 Å². The monoisotopic (exact) mass is 831 g/mol. The van der Waals surface area contributed by atoms with Crippen molar-refractivity contribution in [3.8, 4) is 23.0 Å². The van der Waals surface area contributed by atoms with E-state index in [1.807, 2.05) is 30.9 Å². The molecule has 1 saturated heterocycles. The molecular formula is C46H61N3O11. The highest BCUT2D eigenvalue weighted by Crippen LogP contribution is 2.62. The zero-order valence-electron chi connectivity index (χ0n) is 35.0. The molecule has 2 aromatic carbocycles. The zero-order valence-corrected chi connectivity index (χ0v) is 35.0. The van der Waals surface area contributed by atoms with E-state index >= 15 is 4.79 Å². The summed E-state index contributed by atoms with van der Waals surface area (Å²) in [5, 5.41) is 27.5. The molecule has 2 amide bonds. The Morgan fingerprint density at radius 3 is 2.57 bits per heavy atom. The van der Waals surface area contributed by atoms with E-state index in [1.54, 1.807) is 30.3 Å². The van der Waals surface area contributed by atoms with Gasteiger partial charge in [-0.05, 0) is 106 Å². The van der Waals surface area contributed by atoms with Gasteiger partial charge < -0.3 is 53.7 Å². The maximum atomic E-state index is 15.1. The zero-order chi connectivity index (χ0) is 42.1. The first-order chi connectivity index (χ1) is 29.3. The number of benzene rings is 2. The SMILES string of the molecule is C=CCOC12Oc3ccc(OC(=O)NCC)cc3C3C(CCCCO)C(CCCCO)C=C(C(=NOC4CCCCO4)CC1N(CCC)C(=O)c1ccc4c(c1)OCO4)C32. The lowest BCUT2D eigenvalue weighted by Crippen LogP contribution is -2.70. The fourth-order valence-corrected chi connectivity index (χ4v) is 9.75. The van der Waals surface area contributed by atoms with Crippen LogP contribution in [0, 0.1) is 17.8 Å². The predicted octanol–water partition coefficient (Wildman–Crippen LogP) is 7.24. The summed E-state index contributed by atoms with van der Waals surface area (Å²) in [7, 11) is 0. The van der Waals surface area contributed by atoms with Crippen molar-refractivity contribution in [2.75, 3.05) is 46.3 Å². The summed E-state index contributed by atoms with van der Waals surface area (Å²) in [5.41, 5.74) is 2.89. The molecule has 7 unspecified atom stereocenters. The Hall–Kier alpha value is -4.63. The Morgan fingerprint density at radius 2 is 1.82 bits per heavy atom. The molecule has 60 heavy (non-hydrogen) atoms. The summed E-state index contributed by atoms with van der Waals surface area (Å²) in [4.78, 5) is 35.9. The van der Waals surface area contributed by atoms with Crippen LogP contribution in [0.1, 0.15) is 106 Å². The first-order valence-electron chi connectivity index (χ1n) is 21.9. The number of nitrogens with zero attached hydrogens (tertiary/aromatic N) is 2. The summed E-state index contributed by atoms with van der Waals surface area (Å²) in [6.07, 6.45) is 10.9. The summed E-state index contributed by atoms with van der Waals surface area (Å²) >= 11 is 0. The predicted molar refractivity (Wildman–Crippen MR) is 223 cm³/mol. The third-order valence-corrected chi connectivity index (χ3v) is 12.3. The second-order valence-electron chi connectivity index (χ2n) is 16.2. The second kappa shape index (κ2) is 20.3. The van der Waals surface area contributed by atoms with Crippen LogP contribution in [0.3, 0.4) is 0 Å². The smallest absolute Gasteiger partial charge is 0.412 e. The average Bonchev–Trinajstić information content (AvgIpc) is 3.74. The van der Waals surface area contributed by atoms with E-state index in [2.05, 4.69) is 18.0 Å². The molecule has 2 aliphatic carbocycles. The number of rotatable bonds is 19. The summed E-state index contributed by atoms with van der Waals surface area (Å²) in [6.45, 7) is 9.65. The third kappa shape index (κ3) is 9.17. The molecule has 7 atom stereocenters. The van der Waals surface area contributed by atoms with E-state index in [-0.39, 0.29) is 56.7 Å². The number of unbranched alkanes of at least 4 members (excludes halogenated alkanes) is 2. The molecule has 0 radical (unpaired) electrons. The van der Waals surface area contributed by atoms with Crippen LogP contribution in [0.25, 0.3) is 0 Å². The quantitative estimate of drug-likeness (QED) is 0.0742. The standard InChI is InChI=1S/C46H61N3O11/c1-4-20-49(44(52)31-16-18-38-39(26-31)56-29-55-38)40-28-36(48-60-41-15-9-12-24-54-41)34-25-30(13-7-10-21-50)33(14-8-11-22-51)42-35-27-32(58-45(53)47-6-3)17-19-37(35)59-46(40,43(34)42)57-23-5-2/h5,16-19,25-27,30,33,40-43,50-51H,2,4,6-15,20-24,28-29H2,1,3H3,(H,47,53). The van der Waals surface area contributed by atoms with Gasteiger partial charge in [0.2, 0.25) is 18.9 Å². The first-order valence-corrected chi connectivity index (χ1v) is 21.9. The van der Waals surface area contributed by atoms with Crippen LogP contribution in [0.4, 0.5) is 4.79 Å². The first kappa shape index (κ1) is 43.5. The number of carbonyl (C=O) groups is 2. The van der Waals surface area contributed by atoms with E-state index in [4.69, 9.17) is 38.4 Å².